The number of methoxy groups -OCH3 is 1. The Hall–Kier alpha value is -2.17. The summed E-state index contributed by atoms with van der Waals surface area (Å²) in [4.78, 5) is 35.0. The van der Waals surface area contributed by atoms with Gasteiger partial charge in [0.25, 0.3) is 0 Å². The maximum Gasteiger partial charge on any atom is 0.310 e. The lowest BCUT2D eigenvalue weighted by molar-refractivity contribution is -0.158. The predicted octanol–water partition coefficient (Wildman–Crippen LogP) is 1.50. The van der Waals surface area contributed by atoms with Crippen molar-refractivity contribution < 1.29 is 23.9 Å². The fourth-order valence-corrected chi connectivity index (χ4v) is 2.34. The van der Waals surface area contributed by atoms with Crippen LogP contribution >= 0.6 is 0 Å². The van der Waals surface area contributed by atoms with E-state index in [0.29, 0.717) is 0 Å². The van der Waals surface area contributed by atoms with Gasteiger partial charge in [0.05, 0.1) is 18.9 Å². The molecule has 1 saturated carbocycles. The molecule has 1 aromatic carbocycles. The summed E-state index contributed by atoms with van der Waals surface area (Å²) in [5, 5.41) is 0. The van der Waals surface area contributed by atoms with Crippen molar-refractivity contribution >= 4 is 17.7 Å². The summed E-state index contributed by atoms with van der Waals surface area (Å²) in [5.41, 5.74) is 0.861. The van der Waals surface area contributed by atoms with Crippen LogP contribution < -0.4 is 0 Å². The standard InChI is InChI=1S/C15H16O5/c1-19-14(17)12-7-11(16)8-13(12)15(18)20-9-10-5-3-2-4-6-10/h2-6,12-13H,7-9H2,1H3/t12-,13?/m0/s1. The van der Waals surface area contributed by atoms with E-state index in [2.05, 4.69) is 4.74 Å². The molecule has 1 fully saturated rings. The second kappa shape index (κ2) is 6.32. The van der Waals surface area contributed by atoms with Crippen LogP contribution in [0.1, 0.15) is 18.4 Å². The Morgan fingerprint density at radius 1 is 1.10 bits per heavy atom. The molecule has 5 nitrogen and oxygen atoms in total. The van der Waals surface area contributed by atoms with Gasteiger partial charge in [0, 0.05) is 12.8 Å². The van der Waals surface area contributed by atoms with Gasteiger partial charge >= 0.3 is 11.9 Å². The van der Waals surface area contributed by atoms with Crippen molar-refractivity contribution in [3.05, 3.63) is 35.9 Å². The fraction of sp³-hybridized carbons (Fsp3) is 0.400. The van der Waals surface area contributed by atoms with Crippen LogP contribution in [0.4, 0.5) is 0 Å². The topological polar surface area (TPSA) is 69.7 Å². The van der Waals surface area contributed by atoms with Crippen LogP contribution in [0.15, 0.2) is 30.3 Å². The van der Waals surface area contributed by atoms with E-state index in [1.807, 2.05) is 30.3 Å². The van der Waals surface area contributed by atoms with Gasteiger partial charge in [0.1, 0.15) is 12.4 Å². The molecule has 1 aromatic rings. The highest BCUT2D eigenvalue weighted by Gasteiger charge is 2.43. The Kier molecular flexibility index (Phi) is 4.50. The second-order valence-electron chi connectivity index (χ2n) is 4.78. The number of ketones is 1. The molecular formula is C15H16O5. The zero-order valence-corrected chi connectivity index (χ0v) is 11.2. The lowest BCUT2D eigenvalue weighted by Gasteiger charge is -2.15. The average Bonchev–Trinajstić information content (AvgIpc) is 2.87. The molecule has 0 saturated heterocycles. The molecule has 2 atom stereocenters. The van der Waals surface area contributed by atoms with Crippen molar-refractivity contribution in [2.75, 3.05) is 7.11 Å². The Bertz CT molecular complexity index is 508. The van der Waals surface area contributed by atoms with Gasteiger partial charge in [-0.2, -0.15) is 0 Å². The van der Waals surface area contributed by atoms with Crippen LogP contribution in [0, 0.1) is 11.8 Å². The van der Waals surface area contributed by atoms with E-state index in [-0.39, 0.29) is 25.2 Å². The zero-order chi connectivity index (χ0) is 14.5. The van der Waals surface area contributed by atoms with Gasteiger partial charge in [-0.15, -0.1) is 0 Å². The maximum atomic E-state index is 12.0. The molecule has 20 heavy (non-hydrogen) atoms. The number of ether oxygens (including phenoxy) is 2. The Labute approximate surface area is 116 Å². The largest absolute Gasteiger partial charge is 0.469 e. The van der Waals surface area contributed by atoms with E-state index in [1.54, 1.807) is 0 Å². The van der Waals surface area contributed by atoms with Gasteiger partial charge in [-0.3, -0.25) is 14.4 Å². The summed E-state index contributed by atoms with van der Waals surface area (Å²) in [6.45, 7) is 0.137. The third-order valence-corrected chi connectivity index (χ3v) is 3.41. The van der Waals surface area contributed by atoms with Gasteiger partial charge in [-0.25, -0.2) is 0 Å². The molecule has 2 rings (SSSR count). The van der Waals surface area contributed by atoms with E-state index in [9.17, 15) is 14.4 Å². The fourth-order valence-electron chi connectivity index (χ4n) is 2.34. The zero-order valence-electron chi connectivity index (χ0n) is 11.2. The molecule has 0 spiro atoms. The van der Waals surface area contributed by atoms with Gasteiger partial charge in [0.15, 0.2) is 0 Å². The molecule has 0 amide bonds. The average molecular weight is 276 g/mol. The third kappa shape index (κ3) is 3.23. The Morgan fingerprint density at radius 3 is 2.30 bits per heavy atom. The highest BCUT2D eigenvalue weighted by molar-refractivity contribution is 5.95. The number of rotatable bonds is 4. The molecule has 0 aliphatic heterocycles. The number of hydrogen-bond acceptors (Lipinski definition) is 5. The first-order valence-electron chi connectivity index (χ1n) is 6.42. The van der Waals surface area contributed by atoms with Crippen molar-refractivity contribution in [1.82, 2.24) is 0 Å². The molecular weight excluding hydrogens is 260 g/mol. The van der Waals surface area contributed by atoms with E-state index in [0.717, 1.165) is 5.56 Å². The van der Waals surface area contributed by atoms with Crippen LogP contribution in [0.25, 0.3) is 0 Å². The predicted molar refractivity (Wildman–Crippen MR) is 69.5 cm³/mol. The summed E-state index contributed by atoms with van der Waals surface area (Å²) in [7, 11) is 1.25. The number of Topliss-reactive ketones (excluding diaryl/α,β-unsaturated/α-hetero) is 1. The number of carbonyl (C=O) groups is 3. The summed E-state index contributed by atoms with van der Waals surface area (Å²) < 4.78 is 9.81. The molecule has 5 heteroatoms. The van der Waals surface area contributed by atoms with Crippen LogP contribution in [0.2, 0.25) is 0 Å². The maximum absolute atomic E-state index is 12.0. The summed E-state index contributed by atoms with van der Waals surface area (Å²) >= 11 is 0. The quantitative estimate of drug-likeness (QED) is 0.779. The van der Waals surface area contributed by atoms with Gasteiger partial charge in [0.2, 0.25) is 0 Å². The minimum atomic E-state index is -0.723. The Balaban J connectivity index is 1.97. The molecule has 0 heterocycles. The molecule has 1 aliphatic rings. The van der Waals surface area contributed by atoms with Crippen LogP contribution in [0.3, 0.4) is 0 Å². The lowest BCUT2D eigenvalue weighted by atomic mass is 9.96. The molecule has 0 N–H and O–H groups in total. The summed E-state index contributed by atoms with van der Waals surface area (Å²) in [6, 6.07) is 9.24. The summed E-state index contributed by atoms with van der Waals surface area (Å²) in [5.74, 6) is -2.59. The van der Waals surface area contributed by atoms with E-state index >= 15 is 0 Å². The highest BCUT2D eigenvalue weighted by atomic mass is 16.5. The van der Waals surface area contributed by atoms with E-state index in [4.69, 9.17) is 4.74 Å². The van der Waals surface area contributed by atoms with Crippen molar-refractivity contribution in [3.63, 3.8) is 0 Å². The highest BCUT2D eigenvalue weighted by Crippen LogP contribution is 2.31. The number of carbonyl (C=O) groups excluding carboxylic acids is 3. The number of hydrogen-bond donors (Lipinski definition) is 0. The first kappa shape index (κ1) is 14.2. The summed E-state index contributed by atoms with van der Waals surface area (Å²) in [6.07, 6.45) is 0.102. The minimum Gasteiger partial charge on any atom is -0.469 e. The van der Waals surface area contributed by atoms with E-state index < -0.39 is 23.8 Å². The number of esters is 2. The monoisotopic (exact) mass is 276 g/mol. The SMILES string of the molecule is COC(=O)[C@H]1CC(=O)CC1C(=O)OCc1ccccc1. The molecule has 0 bridgehead atoms. The van der Waals surface area contributed by atoms with Crippen molar-refractivity contribution in [3.8, 4) is 0 Å². The van der Waals surface area contributed by atoms with Crippen molar-refractivity contribution in [2.24, 2.45) is 11.8 Å². The molecule has 1 aliphatic carbocycles. The van der Waals surface area contributed by atoms with Crippen LogP contribution in [-0.2, 0) is 30.5 Å². The normalized spacial score (nSPS) is 21.6. The molecule has 0 radical (unpaired) electrons. The van der Waals surface area contributed by atoms with Crippen molar-refractivity contribution in [2.45, 2.75) is 19.4 Å². The third-order valence-electron chi connectivity index (χ3n) is 3.41. The first-order valence-corrected chi connectivity index (χ1v) is 6.42. The second-order valence-corrected chi connectivity index (χ2v) is 4.78. The molecule has 106 valence electrons. The lowest BCUT2D eigenvalue weighted by Crippen LogP contribution is -2.27. The van der Waals surface area contributed by atoms with Gasteiger partial charge in [-0.1, -0.05) is 30.3 Å². The Morgan fingerprint density at radius 2 is 1.70 bits per heavy atom. The van der Waals surface area contributed by atoms with E-state index in [1.165, 1.54) is 7.11 Å². The van der Waals surface area contributed by atoms with Crippen LogP contribution in [-0.4, -0.2) is 24.8 Å². The van der Waals surface area contributed by atoms with Crippen molar-refractivity contribution in [1.29, 1.82) is 0 Å². The molecule has 0 aromatic heterocycles. The van der Waals surface area contributed by atoms with Crippen LogP contribution in [0.5, 0.6) is 0 Å². The smallest absolute Gasteiger partial charge is 0.310 e. The minimum absolute atomic E-state index is 0.0490. The number of benzene rings is 1. The first-order chi connectivity index (χ1) is 9.61. The van der Waals surface area contributed by atoms with Gasteiger partial charge in [-0.05, 0) is 5.56 Å². The van der Waals surface area contributed by atoms with Gasteiger partial charge < -0.3 is 9.47 Å². The molecule has 1 unspecified atom stereocenters.